The maximum absolute atomic E-state index is 13.3. The lowest BCUT2D eigenvalue weighted by Crippen LogP contribution is -2.31. The molecule has 0 unspecified atom stereocenters. The Morgan fingerprint density at radius 2 is 1.97 bits per heavy atom. The highest BCUT2D eigenvalue weighted by atomic mass is 19.1. The number of phenolic OH excluding ortho intramolecular Hbond substituents is 1. The summed E-state index contributed by atoms with van der Waals surface area (Å²) in [6.07, 6.45) is 7.94. The Labute approximate surface area is 181 Å². The average Bonchev–Trinajstić information content (AvgIpc) is 3.33. The molecule has 0 radical (unpaired) electrons. The lowest BCUT2D eigenvalue weighted by atomic mass is 9.75. The van der Waals surface area contributed by atoms with Gasteiger partial charge in [0.1, 0.15) is 28.5 Å². The number of aromatic nitrogens is 5. The predicted octanol–water partition coefficient (Wildman–Crippen LogP) is 3.98. The number of rotatable bonds is 2. The highest BCUT2D eigenvalue weighted by Gasteiger charge is 2.48. The quantitative estimate of drug-likeness (QED) is 0.461. The van der Waals surface area contributed by atoms with Crippen LogP contribution in [0.1, 0.15) is 53.3 Å². The van der Waals surface area contributed by atoms with Gasteiger partial charge in [0.15, 0.2) is 11.5 Å². The molecule has 6 rings (SSSR count). The van der Waals surface area contributed by atoms with Crippen LogP contribution < -0.4 is 0 Å². The highest BCUT2D eigenvalue weighted by Crippen LogP contribution is 2.49. The van der Waals surface area contributed by atoms with Crippen LogP contribution in [0.2, 0.25) is 0 Å². The highest BCUT2D eigenvalue weighted by molar-refractivity contribution is 5.94. The summed E-state index contributed by atoms with van der Waals surface area (Å²) in [6.45, 7) is 0. The number of fused-ring (bicyclic) bond motifs is 3. The van der Waals surface area contributed by atoms with Crippen LogP contribution in [0.3, 0.4) is 0 Å². The Hall–Kier alpha value is -3.88. The maximum Gasteiger partial charge on any atom is 0.339 e. The molecule has 4 heterocycles. The van der Waals surface area contributed by atoms with E-state index in [1.165, 1.54) is 12.1 Å². The van der Waals surface area contributed by atoms with E-state index in [1.54, 1.807) is 24.7 Å². The first kappa shape index (κ1) is 18.9. The first-order chi connectivity index (χ1) is 15.5. The summed E-state index contributed by atoms with van der Waals surface area (Å²) < 4.78 is 19.1. The summed E-state index contributed by atoms with van der Waals surface area (Å²) in [5.74, 6) is 0.209. The van der Waals surface area contributed by atoms with Crippen molar-refractivity contribution in [1.82, 2.24) is 24.9 Å². The van der Waals surface area contributed by atoms with E-state index in [-0.39, 0.29) is 23.5 Å². The van der Waals surface area contributed by atoms with Crippen molar-refractivity contribution in [3.63, 3.8) is 0 Å². The maximum atomic E-state index is 13.3. The Morgan fingerprint density at radius 1 is 1.12 bits per heavy atom. The smallest absolute Gasteiger partial charge is 0.339 e. The topological polar surface area (TPSA) is 114 Å². The predicted molar refractivity (Wildman–Crippen MR) is 111 cm³/mol. The molecule has 9 heteroatoms. The van der Waals surface area contributed by atoms with Crippen LogP contribution >= 0.6 is 0 Å². The molecule has 1 spiro atoms. The number of aromatic amines is 1. The van der Waals surface area contributed by atoms with E-state index in [0.717, 1.165) is 30.3 Å². The van der Waals surface area contributed by atoms with Gasteiger partial charge in [-0.1, -0.05) is 0 Å². The lowest BCUT2D eigenvalue weighted by molar-refractivity contribution is -0.0313. The van der Waals surface area contributed by atoms with Gasteiger partial charge in [-0.2, -0.15) is 0 Å². The average molecular weight is 431 g/mol. The normalized spacial score (nSPS) is 22.3. The van der Waals surface area contributed by atoms with Gasteiger partial charge < -0.3 is 14.8 Å². The summed E-state index contributed by atoms with van der Waals surface area (Å²) in [5.41, 5.74) is 2.39. The lowest BCUT2D eigenvalue weighted by Gasteiger charge is -2.35. The molecule has 4 aromatic rings. The van der Waals surface area contributed by atoms with Crippen LogP contribution in [0.4, 0.5) is 4.39 Å². The number of hydrogen-bond acceptors (Lipinski definition) is 7. The van der Waals surface area contributed by atoms with Gasteiger partial charge in [0, 0.05) is 29.9 Å². The van der Waals surface area contributed by atoms with Crippen molar-refractivity contribution in [2.24, 2.45) is 0 Å². The van der Waals surface area contributed by atoms with Gasteiger partial charge in [0.25, 0.3) is 0 Å². The molecule has 32 heavy (non-hydrogen) atoms. The van der Waals surface area contributed by atoms with Crippen molar-refractivity contribution < 1.29 is 19.0 Å². The third kappa shape index (κ3) is 2.84. The molecule has 0 atom stereocenters. The van der Waals surface area contributed by atoms with Crippen LogP contribution in [0.5, 0.6) is 5.75 Å². The molecule has 1 fully saturated rings. The number of nitrogens with one attached hydrogen (secondary N) is 1. The van der Waals surface area contributed by atoms with Crippen molar-refractivity contribution >= 4 is 17.1 Å². The molecule has 1 aromatic carbocycles. The van der Waals surface area contributed by atoms with E-state index in [1.807, 2.05) is 0 Å². The molecule has 1 aliphatic carbocycles. The number of halogens is 1. The summed E-state index contributed by atoms with van der Waals surface area (Å²) >= 11 is 0. The van der Waals surface area contributed by atoms with E-state index in [4.69, 9.17) is 4.74 Å². The van der Waals surface area contributed by atoms with Crippen molar-refractivity contribution in [3.8, 4) is 17.1 Å². The second-order valence-electron chi connectivity index (χ2n) is 8.29. The number of H-pyrrole nitrogens is 1. The Morgan fingerprint density at radius 3 is 2.78 bits per heavy atom. The molecule has 8 nitrogen and oxygen atoms in total. The second kappa shape index (κ2) is 6.81. The van der Waals surface area contributed by atoms with Gasteiger partial charge in [-0.15, -0.1) is 0 Å². The molecule has 0 amide bonds. The van der Waals surface area contributed by atoms with Gasteiger partial charge >= 0.3 is 5.97 Å². The third-order valence-electron chi connectivity index (χ3n) is 6.46. The van der Waals surface area contributed by atoms with Crippen LogP contribution in [0.25, 0.3) is 22.6 Å². The zero-order valence-electron chi connectivity index (χ0n) is 16.9. The standard InChI is InChI=1S/C23H18FN5O3/c24-13-1-2-15(18(30)9-13)20-26-11-17-21(29-20)28-19(27-17)12-3-6-23(7-4-12)16-10-25-8-5-14(16)22(31)32-23/h1-2,5,8-12,30H,3-4,6-7H2,(H,26,27,28,29)/t12-,23-. The minimum atomic E-state index is -0.601. The summed E-state index contributed by atoms with van der Waals surface area (Å²) in [4.78, 5) is 33.2. The first-order valence-electron chi connectivity index (χ1n) is 10.4. The molecule has 2 N–H and O–H groups in total. The Bertz CT molecular complexity index is 1380. The first-order valence-corrected chi connectivity index (χ1v) is 10.4. The van der Waals surface area contributed by atoms with Gasteiger partial charge in [-0.05, 0) is 43.9 Å². The zero-order valence-corrected chi connectivity index (χ0v) is 16.9. The van der Waals surface area contributed by atoms with Crippen molar-refractivity contribution in [1.29, 1.82) is 0 Å². The number of benzene rings is 1. The molecule has 1 saturated carbocycles. The fourth-order valence-corrected chi connectivity index (χ4v) is 4.80. The van der Waals surface area contributed by atoms with Gasteiger partial charge in [-0.25, -0.2) is 24.1 Å². The summed E-state index contributed by atoms with van der Waals surface area (Å²) in [5, 5.41) is 10.0. The Balaban J connectivity index is 1.26. The number of aromatic hydroxyl groups is 1. The third-order valence-corrected chi connectivity index (χ3v) is 6.46. The number of esters is 1. The van der Waals surface area contributed by atoms with Crippen molar-refractivity contribution in [2.75, 3.05) is 0 Å². The molecule has 0 bridgehead atoms. The van der Waals surface area contributed by atoms with Gasteiger partial charge in [-0.3, -0.25) is 4.98 Å². The van der Waals surface area contributed by atoms with E-state index in [0.29, 0.717) is 35.1 Å². The minimum Gasteiger partial charge on any atom is -0.507 e. The molecular formula is C23H18FN5O3. The summed E-state index contributed by atoms with van der Waals surface area (Å²) in [6, 6.07) is 5.43. The molecule has 3 aromatic heterocycles. The number of imidazole rings is 1. The molecular weight excluding hydrogens is 413 g/mol. The van der Waals surface area contributed by atoms with E-state index in [9.17, 15) is 14.3 Å². The molecule has 160 valence electrons. The van der Waals surface area contributed by atoms with Crippen molar-refractivity contribution in [3.05, 3.63) is 65.6 Å². The number of hydrogen-bond donors (Lipinski definition) is 2. The van der Waals surface area contributed by atoms with Gasteiger partial charge in [0.05, 0.1) is 17.3 Å². The minimum absolute atomic E-state index is 0.164. The number of carbonyl (C=O) groups is 1. The van der Waals surface area contributed by atoms with Gasteiger partial charge in [0.2, 0.25) is 0 Å². The number of pyridine rings is 1. The van der Waals surface area contributed by atoms with Crippen LogP contribution in [-0.2, 0) is 10.3 Å². The van der Waals surface area contributed by atoms with Crippen LogP contribution in [0.15, 0.2) is 42.9 Å². The van der Waals surface area contributed by atoms with Crippen molar-refractivity contribution in [2.45, 2.75) is 37.2 Å². The number of nitrogens with zero attached hydrogens (tertiary/aromatic N) is 4. The largest absolute Gasteiger partial charge is 0.507 e. The fraction of sp³-hybridized carbons (Fsp3) is 0.261. The molecule has 2 aliphatic rings. The van der Waals surface area contributed by atoms with E-state index >= 15 is 0 Å². The second-order valence-corrected chi connectivity index (χ2v) is 8.29. The SMILES string of the molecule is O=C1O[C@]2(CC[C@H](c3nc4nc(-c5ccc(F)cc5O)ncc4[nH]3)CC2)c2cnccc21. The molecule has 0 saturated heterocycles. The van der Waals surface area contributed by atoms with Crippen LogP contribution in [0, 0.1) is 5.82 Å². The Kier molecular flexibility index (Phi) is 4.01. The van der Waals surface area contributed by atoms with E-state index < -0.39 is 11.4 Å². The van der Waals surface area contributed by atoms with Crippen LogP contribution in [-0.4, -0.2) is 36.0 Å². The summed E-state index contributed by atoms with van der Waals surface area (Å²) in [7, 11) is 0. The number of carbonyl (C=O) groups excluding carboxylic acids is 1. The number of ether oxygens (including phenoxy) is 1. The monoisotopic (exact) mass is 431 g/mol. The zero-order chi connectivity index (χ0) is 21.9. The van der Waals surface area contributed by atoms with E-state index in [2.05, 4.69) is 24.9 Å². The molecule has 1 aliphatic heterocycles. The number of phenols is 1. The fourth-order valence-electron chi connectivity index (χ4n) is 4.80.